The van der Waals surface area contributed by atoms with E-state index >= 15 is 0 Å². The number of sulfone groups is 2. The fourth-order valence-electron chi connectivity index (χ4n) is 3.48. The SMILES string of the molecule is O=S(=O)([O-])c1ccccc1-c1ccc(S(=O)(=O)c2ccccc2)cc1S(=O)(=O)c1ccccc1. The normalized spacial score (nSPS) is 12.4. The fourth-order valence-corrected chi connectivity index (χ4v) is 7.08. The van der Waals surface area contributed by atoms with Crippen LogP contribution in [-0.2, 0) is 29.8 Å². The van der Waals surface area contributed by atoms with Crippen molar-refractivity contribution in [3.05, 3.63) is 103 Å². The van der Waals surface area contributed by atoms with E-state index in [0.29, 0.717) is 0 Å². The molecule has 0 heterocycles. The van der Waals surface area contributed by atoms with E-state index in [1.54, 1.807) is 12.1 Å². The first-order valence-electron chi connectivity index (χ1n) is 9.82. The Balaban J connectivity index is 2.06. The molecule has 0 aliphatic rings. The van der Waals surface area contributed by atoms with Crippen molar-refractivity contribution < 1.29 is 29.8 Å². The van der Waals surface area contributed by atoms with E-state index in [-0.39, 0.29) is 25.8 Å². The van der Waals surface area contributed by atoms with Gasteiger partial charge in [0.2, 0.25) is 19.7 Å². The molecule has 0 saturated heterocycles. The van der Waals surface area contributed by atoms with E-state index in [2.05, 4.69) is 0 Å². The van der Waals surface area contributed by atoms with Crippen LogP contribution >= 0.6 is 0 Å². The molecule has 0 unspecified atom stereocenters. The minimum Gasteiger partial charge on any atom is -0.744 e. The standard InChI is InChI=1S/C24H18O7S3/c25-32(26,18-9-3-1-4-10-18)20-15-16-22(21-13-7-8-14-23(21)34(29,30)31)24(17-20)33(27,28)19-11-5-2-6-12-19/h1-17H,(H,29,30,31)/p-1. The molecular formula is C24H17O7S3-. The van der Waals surface area contributed by atoms with Crippen LogP contribution in [0.25, 0.3) is 11.1 Å². The molecule has 7 nitrogen and oxygen atoms in total. The summed E-state index contributed by atoms with van der Waals surface area (Å²) in [7, 11) is -13.3. The topological polar surface area (TPSA) is 125 Å². The molecule has 0 atom stereocenters. The predicted octanol–water partition coefficient (Wildman–Crippen LogP) is 3.92. The molecule has 0 amide bonds. The monoisotopic (exact) mass is 513 g/mol. The smallest absolute Gasteiger partial charge is 0.207 e. The van der Waals surface area contributed by atoms with Gasteiger partial charge in [0.25, 0.3) is 0 Å². The van der Waals surface area contributed by atoms with Crippen molar-refractivity contribution >= 4 is 29.8 Å². The zero-order valence-electron chi connectivity index (χ0n) is 17.4. The lowest BCUT2D eigenvalue weighted by Gasteiger charge is -2.17. The van der Waals surface area contributed by atoms with E-state index in [4.69, 9.17) is 0 Å². The summed E-state index contributed by atoms with van der Waals surface area (Å²) in [5, 5.41) is 0. The molecule has 4 aromatic carbocycles. The Bertz CT molecular complexity index is 1680. The van der Waals surface area contributed by atoms with Crippen LogP contribution in [0.5, 0.6) is 0 Å². The molecule has 0 bridgehead atoms. The molecule has 4 rings (SSSR count). The molecule has 174 valence electrons. The fraction of sp³-hybridized carbons (Fsp3) is 0. The quantitative estimate of drug-likeness (QED) is 0.358. The van der Waals surface area contributed by atoms with Gasteiger partial charge in [-0.05, 0) is 42.5 Å². The summed E-state index contributed by atoms with van der Waals surface area (Å²) < 4.78 is 89.1. The van der Waals surface area contributed by atoms with Crippen molar-refractivity contribution in [3.63, 3.8) is 0 Å². The van der Waals surface area contributed by atoms with Gasteiger partial charge in [0.05, 0.1) is 24.5 Å². The van der Waals surface area contributed by atoms with Crippen molar-refractivity contribution in [2.75, 3.05) is 0 Å². The number of hydrogen-bond donors (Lipinski definition) is 0. The largest absolute Gasteiger partial charge is 0.744 e. The zero-order valence-corrected chi connectivity index (χ0v) is 19.8. The van der Waals surface area contributed by atoms with Crippen molar-refractivity contribution in [2.45, 2.75) is 24.5 Å². The summed E-state index contributed by atoms with van der Waals surface area (Å²) >= 11 is 0. The number of hydrogen-bond acceptors (Lipinski definition) is 7. The van der Waals surface area contributed by atoms with Crippen molar-refractivity contribution in [1.29, 1.82) is 0 Å². The summed E-state index contributed by atoms with van der Waals surface area (Å²) in [5.74, 6) is 0. The molecule has 0 saturated carbocycles. The van der Waals surface area contributed by atoms with Crippen LogP contribution in [0.4, 0.5) is 0 Å². The molecule has 34 heavy (non-hydrogen) atoms. The maximum absolute atomic E-state index is 13.6. The predicted molar refractivity (Wildman–Crippen MR) is 124 cm³/mol. The second-order valence-electron chi connectivity index (χ2n) is 7.24. The highest BCUT2D eigenvalue weighted by molar-refractivity contribution is 7.92. The third-order valence-corrected chi connectivity index (χ3v) is 9.58. The minimum absolute atomic E-state index is 0.0339. The van der Waals surface area contributed by atoms with Gasteiger partial charge in [-0.1, -0.05) is 60.7 Å². The van der Waals surface area contributed by atoms with Crippen LogP contribution in [0.15, 0.2) is 128 Å². The van der Waals surface area contributed by atoms with E-state index in [0.717, 1.165) is 12.1 Å². The van der Waals surface area contributed by atoms with Gasteiger partial charge in [0, 0.05) is 11.1 Å². The third-order valence-electron chi connectivity index (χ3n) is 5.11. The molecular weight excluding hydrogens is 496 g/mol. The molecule has 0 fully saturated rings. The van der Waals surface area contributed by atoms with Crippen LogP contribution in [-0.4, -0.2) is 29.8 Å². The Morgan fingerprint density at radius 3 is 1.47 bits per heavy atom. The zero-order chi connectivity index (χ0) is 24.6. The van der Waals surface area contributed by atoms with E-state index in [1.165, 1.54) is 78.9 Å². The van der Waals surface area contributed by atoms with Gasteiger partial charge in [-0.15, -0.1) is 0 Å². The Kier molecular flexibility index (Phi) is 6.17. The molecule has 4 aromatic rings. The minimum atomic E-state index is -4.95. The molecule has 0 spiro atoms. The molecule has 0 radical (unpaired) electrons. The highest BCUT2D eigenvalue weighted by atomic mass is 32.2. The number of rotatable bonds is 6. The van der Waals surface area contributed by atoms with Crippen molar-refractivity contribution in [3.8, 4) is 11.1 Å². The number of benzene rings is 4. The first kappa shape index (κ1) is 23.8. The lowest BCUT2D eigenvalue weighted by molar-refractivity contribution is 0.463. The molecule has 10 heteroatoms. The van der Waals surface area contributed by atoms with Gasteiger partial charge in [-0.25, -0.2) is 25.3 Å². The second-order valence-corrected chi connectivity index (χ2v) is 12.5. The van der Waals surface area contributed by atoms with Gasteiger partial charge in [0.1, 0.15) is 10.1 Å². The van der Waals surface area contributed by atoms with Gasteiger partial charge >= 0.3 is 0 Å². The van der Waals surface area contributed by atoms with Crippen molar-refractivity contribution in [2.24, 2.45) is 0 Å². The molecule has 0 N–H and O–H groups in total. The molecule has 0 aliphatic heterocycles. The Labute approximate surface area is 197 Å². The summed E-state index contributed by atoms with van der Waals surface area (Å²) in [6.45, 7) is 0. The first-order chi connectivity index (χ1) is 16.0. The summed E-state index contributed by atoms with van der Waals surface area (Å²) in [6.07, 6.45) is 0. The lowest BCUT2D eigenvalue weighted by atomic mass is 10.1. The summed E-state index contributed by atoms with van der Waals surface area (Å²) in [6, 6.07) is 23.4. The van der Waals surface area contributed by atoms with Gasteiger partial charge in [-0.3, -0.25) is 0 Å². The maximum Gasteiger partial charge on any atom is 0.207 e. The van der Waals surface area contributed by atoms with Gasteiger partial charge in [-0.2, -0.15) is 0 Å². The second kappa shape index (κ2) is 8.80. The van der Waals surface area contributed by atoms with Crippen LogP contribution in [0.1, 0.15) is 0 Å². The van der Waals surface area contributed by atoms with Gasteiger partial charge in [0.15, 0.2) is 0 Å². The first-order valence-corrected chi connectivity index (χ1v) is 14.2. The van der Waals surface area contributed by atoms with Crippen molar-refractivity contribution in [1.82, 2.24) is 0 Å². The Hall–Kier alpha value is -3.31. The average Bonchev–Trinajstić information content (AvgIpc) is 2.84. The molecule has 0 aromatic heterocycles. The Morgan fingerprint density at radius 2 is 0.912 bits per heavy atom. The maximum atomic E-state index is 13.6. The lowest BCUT2D eigenvalue weighted by Crippen LogP contribution is -2.09. The summed E-state index contributed by atoms with van der Waals surface area (Å²) in [4.78, 5) is -1.49. The van der Waals surface area contributed by atoms with E-state index in [9.17, 15) is 29.8 Å². The van der Waals surface area contributed by atoms with Crippen LogP contribution in [0, 0.1) is 0 Å². The van der Waals surface area contributed by atoms with Gasteiger partial charge < -0.3 is 4.55 Å². The Morgan fingerprint density at radius 1 is 0.441 bits per heavy atom. The highest BCUT2D eigenvalue weighted by Gasteiger charge is 2.27. The average molecular weight is 514 g/mol. The van der Waals surface area contributed by atoms with E-state index < -0.39 is 39.6 Å². The van der Waals surface area contributed by atoms with Crippen LogP contribution in [0.2, 0.25) is 0 Å². The van der Waals surface area contributed by atoms with Crippen LogP contribution < -0.4 is 0 Å². The highest BCUT2D eigenvalue weighted by Crippen LogP contribution is 2.37. The summed E-state index contributed by atoms with van der Waals surface area (Å²) in [5.41, 5.74) is -0.249. The third kappa shape index (κ3) is 4.40. The van der Waals surface area contributed by atoms with E-state index in [1.807, 2.05) is 0 Å². The molecule has 0 aliphatic carbocycles. The van der Waals surface area contributed by atoms with Crippen LogP contribution in [0.3, 0.4) is 0 Å².